The minimum Gasteiger partial charge on any atom is -0.309 e. The van der Waals surface area contributed by atoms with Crippen molar-refractivity contribution in [1.29, 1.82) is 0 Å². The number of thioether (sulfide) groups is 1. The standard InChI is InChI=1S/C15H13BrN2OS/c1-9-6-12(16)14(17-7-9)18-15(19)11-8-20-13-5-3-2-4-10(11)13/h2-7,11H,8H2,1H3,(H,17,18,19)/t11-/m0/s1. The summed E-state index contributed by atoms with van der Waals surface area (Å²) in [7, 11) is 0. The van der Waals surface area contributed by atoms with E-state index in [2.05, 4.69) is 32.3 Å². The molecular weight excluding hydrogens is 336 g/mol. The van der Waals surface area contributed by atoms with Crippen molar-refractivity contribution in [2.45, 2.75) is 17.7 Å². The van der Waals surface area contributed by atoms with Crippen molar-refractivity contribution in [2.24, 2.45) is 0 Å². The van der Waals surface area contributed by atoms with Crippen LogP contribution in [0.25, 0.3) is 0 Å². The first-order chi connectivity index (χ1) is 9.65. The first-order valence-electron chi connectivity index (χ1n) is 6.30. The Morgan fingerprint density at radius 1 is 1.45 bits per heavy atom. The van der Waals surface area contributed by atoms with Crippen LogP contribution in [0.3, 0.4) is 0 Å². The summed E-state index contributed by atoms with van der Waals surface area (Å²) in [4.78, 5) is 17.9. The van der Waals surface area contributed by atoms with Gasteiger partial charge in [-0.05, 0) is 46.1 Å². The van der Waals surface area contributed by atoms with E-state index in [1.54, 1.807) is 18.0 Å². The summed E-state index contributed by atoms with van der Waals surface area (Å²) >= 11 is 5.16. The lowest BCUT2D eigenvalue weighted by Crippen LogP contribution is -2.21. The number of carbonyl (C=O) groups excluding carboxylic acids is 1. The van der Waals surface area contributed by atoms with Gasteiger partial charge >= 0.3 is 0 Å². The predicted molar refractivity (Wildman–Crippen MR) is 85.2 cm³/mol. The third-order valence-electron chi connectivity index (χ3n) is 3.24. The molecule has 0 saturated heterocycles. The van der Waals surface area contributed by atoms with Gasteiger partial charge in [0.15, 0.2) is 0 Å². The molecule has 1 aliphatic heterocycles. The number of amides is 1. The Balaban J connectivity index is 1.81. The second-order valence-corrected chi connectivity index (χ2v) is 6.65. The summed E-state index contributed by atoms with van der Waals surface area (Å²) in [5, 5.41) is 2.91. The van der Waals surface area contributed by atoms with Crippen LogP contribution in [0.15, 0.2) is 45.9 Å². The number of nitrogens with zero attached hydrogens (tertiary/aromatic N) is 1. The molecule has 1 N–H and O–H groups in total. The molecule has 3 nitrogen and oxygen atoms in total. The molecule has 1 aromatic carbocycles. The largest absolute Gasteiger partial charge is 0.309 e. The molecule has 2 aromatic rings. The second kappa shape index (κ2) is 5.58. The van der Waals surface area contributed by atoms with Crippen LogP contribution in [0.1, 0.15) is 17.0 Å². The summed E-state index contributed by atoms with van der Waals surface area (Å²) in [5.41, 5.74) is 2.16. The minimum absolute atomic E-state index is 0.000460. The summed E-state index contributed by atoms with van der Waals surface area (Å²) in [6.45, 7) is 1.97. The van der Waals surface area contributed by atoms with Crippen LogP contribution in [0.4, 0.5) is 5.82 Å². The Labute approximate surface area is 130 Å². The van der Waals surface area contributed by atoms with E-state index in [9.17, 15) is 4.79 Å². The predicted octanol–water partition coefficient (Wildman–Crippen LogP) is 3.98. The molecule has 0 radical (unpaired) electrons. The monoisotopic (exact) mass is 348 g/mol. The van der Waals surface area contributed by atoms with E-state index < -0.39 is 0 Å². The Morgan fingerprint density at radius 3 is 3.05 bits per heavy atom. The molecule has 1 atom stereocenters. The van der Waals surface area contributed by atoms with Crippen molar-refractivity contribution >= 4 is 39.4 Å². The SMILES string of the molecule is Cc1cnc(NC(=O)[C@H]2CSc3ccccc32)c(Br)c1. The zero-order valence-corrected chi connectivity index (χ0v) is 13.3. The van der Waals surface area contributed by atoms with Gasteiger partial charge in [0.1, 0.15) is 5.82 Å². The molecule has 1 aliphatic rings. The van der Waals surface area contributed by atoms with E-state index in [-0.39, 0.29) is 11.8 Å². The van der Waals surface area contributed by atoms with Crippen molar-refractivity contribution < 1.29 is 4.79 Å². The van der Waals surface area contributed by atoms with E-state index >= 15 is 0 Å². The number of halogens is 1. The fourth-order valence-corrected chi connectivity index (χ4v) is 4.00. The molecule has 0 saturated carbocycles. The zero-order chi connectivity index (χ0) is 14.1. The summed E-state index contributed by atoms with van der Waals surface area (Å²) in [6, 6.07) is 10.0. The average Bonchev–Trinajstić information content (AvgIpc) is 2.86. The van der Waals surface area contributed by atoms with Gasteiger partial charge in [-0.1, -0.05) is 18.2 Å². The van der Waals surface area contributed by atoms with Crippen LogP contribution in [0.5, 0.6) is 0 Å². The van der Waals surface area contributed by atoms with Crippen molar-refractivity contribution in [1.82, 2.24) is 4.98 Å². The number of hydrogen-bond donors (Lipinski definition) is 1. The zero-order valence-electron chi connectivity index (χ0n) is 10.9. The fourth-order valence-electron chi connectivity index (χ4n) is 2.21. The highest BCUT2D eigenvalue weighted by Gasteiger charge is 2.29. The molecular formula is C15H13BrN2OS. The normalized spacial score (nSPS) is 16.8. The lowest BCUT2D eigenvalue weighted by Gasteiger charge is -2.12. The highest BCUT2D eigenvalue weighted by molar-refractivity contribution is 9.10. The van der Waals surface area contributed by atoms with E-state index in [4.69, 9.17) is 0 Å². The number of hydrogen-bond acceptors (Lipinski definition) is 3. The van der Waals surface area contributed by atoms with Gasteiger partial charge in [0, 0.05) is 16.8 Å². The molecule has 0 fully saturated rings. The summed E-state index contributed by atoms with van der Waals surface area (Å²) < 4.78 is 0.810. The van der Waals surface area contributed by atoms with Crippen LogP contribution >= 0.6 is 27.7 Å². The van der Waals surface area contributed by atoms with Crippen molar-refractivity contribution in [3.05, 3.63) is 52.1 Å². The molecule has 0 unspecified atom stereocenters. The van der Waals surface area contributed by atoms with Crippen LogP contribution in [0.2, 0.25) is 0 Å². The summed E-state index contributed by atoms with van der Waals surface area (Å²) in [6.07, 6.45) is 1.75. The van der Waals surface area contributed by atoms with Crippen LogP contribution in [-0.2, 0) is 4.79 Å². The number of fused-ring (bicyclic) bond motifs is 1. The van der Waals surface area contributed by atoms with E-state index in [1.165, 1.54) is 4.90 Å². The van der Waals surface area contributed by atoms with Gasteiger partial charge in [0.05, 0.1) is 10.4 Å². The van der Waals surface area contributed by atoms with Crippen LogP contribution in [0, 0.1) is 6.92 Å². The number of benzene rings is 1. The van der Waals surface area contributed by atoms with Gasteiger partial charge < -0.3 is 5.32 Å². The van der Waals surface area contributed by atoms with E-state index in [1.807, 2.05) is 31.2 Å². The molecule has 1 amide bonds. The highest BCUT2D eigenvalue weighted by Crippen LogP contribution is 2.39. The van der Waals surface area contributed by atoms with Crippen LogP contribution < -0.4 is 5.32 Å². The number of carbonyl (C=O) groups is 1. The smallest absolute Gasteiger partial charge is 0.233 e. The first kappa shape index (κ1) is 13.6. The number of anilines is 1. The average molecular weight is 349 g/mol. The number of rotatable bonds is 2. The minimum atomic E-state index is -0.105. The number of aryl methyl sites for hydroxylation is 1. The maximum atomic E-state index is 12.4. The molecule has 20 heavy (non-hydrogen) atoms. The first-order valence-corrected chi connectivity index (χ1v) is 8.08. The fraction of sp³-hybridized carbons (Fsp3) is 0.200. The Kier molecular flexibility index (Phi) is 3.81. The lowest BCUT2D eigenvalue weighted by atomic mass is 10.0. The van der Waals surface area contributed by atoms with Crippen molar-refractivity contribution in [2.75, 3.05) is 11.1 Å². The molecule has 5 heteroatoms. The molecule has 102 valence electrons. The third-order valence-corrected chi connectivity index (χ3v) is 5.02. The van der Waals surface area contributed by atoms with Gasteiger partial charge in [0.2, 0.25) is 5.91 Å². The topological polar surface area (TPSA) is 42.0 Å². The number of aromatic nitrogens is 1. The Bertz CT molecular complexity index is 675. The maximum absolute atomic E-state index is 12.4. The third kappa shape index (κ3) is 2.60. The van der Waals surface area contributed by atoms with E-state index in [0.29, 0.717) is 5.82 Å². The Hall–Kier alpha value is -1.33. The molecule has 0 spiro atoms. The maximum Gasteiger partial charge on any atom is 0.233 e. The summed E-state index contributed by atoms with van der Waals surface area (Å²) in [5.74, 6) is 1.26. The Morgan fingerprint density at radius 2 is 2.25 bits per heavy atom. The second-order valence-electron chi connectivity index (χ2n) is 4.73. The lowest BCUT2D eigenvalue weighted by molar-refractivity contribution is -0.117. The molecule has 2 heterocycles. The molecule has 0 bridgehead atoms. The van der Waals surface area contributed by atoms with Gasteiger partial charge in [-0.25, -0.2) is 4.98 Å². The van der Waals surface area contributed by atoms with Gasteiger partial charge in [-0.15, -0.1) is 11.8 Å². The quantitative estimate of drug-likeness (QED) is 0.892. The van der Waals surface area contributed by atoms with E-state index in [0.717, 1.165) is 21.4 Å². The molecule has 0 aliphatic carbocycles. The highest BCUT2D eigenvalue weighted by atomic mass is 79.9. The van der Waals surface area contributed by atoms with Gasteiger partial charge in [-0.3, -0.25) is 4.79 Å². The van der Waals surface area contributed by atoms with Gasteiger partial charge in [-0.2, -0.15) is 0 Å². The van der Waals surface area contributed by atoms with Gasteiger partial charge in [0.25, 0.3) is 0 Å². The number of pyridine rings is 1. The molecule has 3 rings (SSSR count). The van der Waals surface area contributed by atoms with Crippen molar-refractivity contribution in [3.8, 4) is 0 Å². The number of nitrogens with one attached hydrogen (secondary N) is 1. The van der Waals surface area contributed by atoms with Crippen LogP contribution in [-0.4, -0.2) is 16.6 Å². The van der Waals surface area contributed by atoms with Crippen molar-refractivity contribution in [3.63, 3.8) is 0 Å². The molecule has 1 aromatic heterocycles.